The molecule has 0 radical (unpaired) electrons. The van der Waals surface area contributed by atoms with E-state index in [1.54, 1.807) is 47.2 Å². The minimum absolute atomic E-state index is 0.0385. The number of carbonyl (C=O) groups is 1. The van der Waals surface area contributed by atoms with Crippen molar-refractivity contribution in [3.05, 3.63) is 59.8 Å². The van der Waals surface area contributed by atoms with Crippen molar-refractivity contribution in [1.29, 1.82) is 0 Å². The Morgan fingerprint density at radius 2 is 1.84 bits per heavy atom. The fourth-order valence-electron chi connectivity index (χ4n) is 3.37. The van der Waals surface area contributed by atoms with Crippen LogP contribution in [0, 0.1) is 5.92 Å². The van der Waals surface area contributed by atoms with Crippen molar-refractivity contribution in [2.45, 2.75) is 19.3 Å². The van der Waals surface area contributed by atoms with Gasteiger partial charge in [-0.1, -0.05) is 42.5 Å². The number of thiocarbonyl (C=S) groups is 1. The highest BCUT2D eigenvalue weighted by Gasteiger charge is 2.38. The molecule has 0 fully saturated rings. The Labute approximate surface area is 186 Å². The van der Waals surface area contributed by atoms with Crippen LogP contribution < -0.4 is 11.1 Å². The van der Waals surface area contributed by atoms with Crippen LogP contribution in [0.25, 0.3) is 22.0 Å². The topological polar surface area (TPSA) is 60.0 Å². The zero-order valence-corrected chi connectivity index (χ0v) is 17.6. The predicted octanol–water partition coefficient (Wildman–Crippen LogP) is 4.68. The number of rotatable bonds is 8. The molecule has 1 amide bonds. The van der Waals surface area contributed by atoms with Crippen molar-refractivity contribution in [3.8, 4) is 11.1 Å². The standard InChI is InChI=1S/C22H20F5N3OS/c23-8-14(9-24)11-30-12-18(15-2-1-3-16(7-15)20(28)32)17-5-4-13(6-19(17)30)10-29-21(31)22(25,26)27/h1-7,12,14H,8-11H2,(H2,28,32)(H,29,31). The van der Waals surface area contributed by atoms with Crippen LogP contribution in [0.4, 0.5) is 22.0 Å². The molecule has 0 aliphatic rings. The molecular weight excluding hydrogens is 449 g/mol. The van der Waals surface area contributed by atoms with Crippen molar-refractivity contribution >= 4 is 34.0 Å². The van der Waals surface area contributed by atoms with E-state index in [-0.39, 0.29) is 18.1 Å². The van der Waals surface area contributed by atoms with Gasteiger partial charge in [-0.05, 0) is 23.3 Å². The summed E-state index contributed by atoms with van der Waals surface area (Å²) in [6.07, 6.45) is -3.25. The highest BCUT2D eigenvalue weighted by atomic mass is 32.1. The summed E-state index contributed by atoms with van der Waals surface area (Å²) in [5, 5.41) is 2.55. The van der Waals surface area contributed by atoms with Gasteiger partial charge in [-0.15, -0.1) is 0 Å². The summed E-state index contributed by atoms with van der Waals surface area (Å²) in [6, 6.07) is 12.0. The number of nitrogens with one attached hydrogen (secondary N) is 1. The summed E-state index contributed by atoms with van der Waals surface area (Å²) in [7, 11) is 0. The average Bonchev–Trinajstić information content (AvgIpc) is 3.12. The molecule has 2 aromatic carbocycles. The number of nitrogens with two attached hydrogens (primary N) is 1. The molecular formula is C22H20F5N3OS. The maximum Gasteiger partial charge on any atom is 0.471 e. The first-order chi connectivity index (χ1) is 15.1. The quantitative estimate of drug-likeness (QED) is 0.372. The number of hydrogen-bond acceptors (Lipinski definition) is 2. The second kappa shape index (κ2) is 9.64. The zero-order valence-electron chi connectivity index (χ0n) is 16.8. The van der Waals surface area contributed by atoms with E-state index in [1.165, 1.54) is 0 Å². The van der Waals surface area contributed by atoms with E-state index in [9.17, 15) is 26.7 Å². The minimum Gasteiger partial charge on any atom is -0.389 e. The van der Waals surface area contributed by atoms with Crippen molar-refractivity contribution in [3.63, 3.8) is 0 Å². The van der Waals surface area contributed by atoms with Crippen LogP contribution in [-0.4, -0.2) is 35.0 Å². The Bertz CT molecular complexity index is 1140. The molecule has 0 spiro atoms. The minimum atomic E-state index is -4.98. The summed E-state index contributed by atoms with van der Waals surface area (Å²) < 4.78 is 65.4. The average molecular weight is 469 g/mol. The summed E-state index contributed by atoms with van der Waals surface area (Å²) in [6.45, 7) is -2.02. The van der Waals surface area contributed by atoms with Gasteiger partial charge in [0.05, 0.1) is 13.3 Å². The normalized spacial score (nSPS) is 11.8. The van der Waals surface area contributed by atoms with Crippen LogP contribution in [0.1, 0.15) is 11.1 Å². The molecule has 3 aromatic rings. The molecule has 0 aliphatic carbocycles. The fourth-order valence-corrected chi connectivity index (χ4v) is 3.50. The second-order valence-electron chi connectivity index (χ2n) is 7.35. The van der Waals surface area contributed by atoms with Crippen molar-refractivity contribution in [2.24, 2.45) is 11.7 Å². The van der Waals surface area contributed by atoms with E-state index in [0.29, 0.717) is 16.6 Å². The molecule has 1 aromatic heterocycles. The number of nitrogens with zero attached hydrogens (tertiary/aromatic N) is 1. The number of carbonyl (C=O) groups excluding carboxylic acids is 1. The first-order valence-electron chi connectivity index (χ1n) is 9.63. The maximum absolute atomic E-state index is 13.2. The third kappa shape index (κ3) is 5.24. The van der Waals surface area contributed by atoms with E-state index >= 15 is 0 Å². The third-order valence-electron chi connectivity index (χ3n) is 5.01. The van der Waals surface area contributed by atoms with Crippen LogP contribution in [0.15, 0.2) is 48.7 Å². The molecule has 0 bridgehead atoms. The van der Waals surface area contributed by atoms with Crippen molar-refractivity contribution < 1.29 is 26.7 Å². The summed E-state index contributed by atoms with van der Waals surface area (Å²) in [5.41, 5.74) is 8.88. The number of aromatic nitrogens is 1. The lowest BCUT2D eigenvalue weighted by Crippen LogP contribution is -2.36. The number of fused-ring (bicyclic) bond motifs is 1. The van der Waals surface area contributed by atoms with Gasteiger partial charge in [0.25, 0.3) is 0 Å². The van der Waals surface area contributed by atoms with Gasteiger partial charge >= 0.3 is 12.1 Å². The van der Waals surface area contributed by atoms with Crippen LogP contribution in [0.5, 0.6) is 0 Å². The molecule has 0 atom stereocenters. The van der Waals surface area contributed by atoms with E-state index in [4.69, 9.17) is 18.0 Å². The number of hydrogen-bond donors (Lipinski definition) is 2. The SMILES string of the molecule is NC(=S)c1cccc(-c2cn(CC(CF)CF)c3cc(CNC(=O)C(F)(F)F)ccc23)c1. The van der Waals surface area contributed by atoms with E-state index in [2.05, 4.69) is 0 Å². The van der Waals surface area contributed by atoms with E-state index in [0.717, 1.165) is 16.5 Å². The monoisotopic (exact) mass is 469 g/mol. The van der Waals surface area contributed by atoms with Crippen LogP contribution in [0.2, 0.25) is 0 Å². The molecule has 4 nitrogen and oxygen atoms in total. The molecule has 0 aliphatic heterocycles. The summed E-state index contributed by atoms with van der Waals surface area (Å²) in [5.74, 6) is -2.91. The van der Waals surface area contributed by atoms with Gasteiger partial charge < -0.3 is 15.6 Å². The van der Waals surface area contributed by atoms with Crippen LogP contribution in [0.3, 0.4) is 0 Å². The lowest BCUT2D eigenvalue weighted by Gasteiger charge is -2.12. The number of amides is 1. The van der Waals surface area contributed by atoms with Gasteiger partial charge in [0, 0.05) is 47.2 Å². The Morgan fingerprint density at radius 1 is 1.12 bits per heavy atom. The molecule has 0 saturated carbocycles. The van der Waals surface area contributed by atoms with Gasteiger partial charge in [-0.2, -0.15) is 13.2 Å². The molecule has 0 unspecified atom stereocenters. The van der Waals surface area contributed by atoms with E-state index < -0.39 is 31.4 Å². The first kappa shape index (κ1) is 23.6. The Hall–Kier alpha value is -3.01. The van der Waals surface area contributed by atoms with E-state index in [1.807, 2.05) is 11.4 Å². The largest absolute Gasteiger partial charge is 0.471 e. The molecule has 1 heterocycles. The lowest BCUT2D eigenvalue weighted by atomic mass is 10.0. The highest BCUT2D eigenvalue weighted by molar-refractivity contribution is 7.80. The zero-order chi connectivity index (χ0) is 23.5. The van der Waals surface area contributed by atoms with Crippen LogP contribution >= 0.6 is 12.2 Å². The highest BCUT2D eigenvalue weighted by Crippen LogP contribution is 2.32. The lowest BCUT2D eigenvalue weighted by molar-refractivity contribution is -0.173. The number of alkyl halides is 5. The molecule has 32 heavy (non-hydrogen) atoms. The molecule has 3 N–H and O–H groups in total. The van der Waals surface area contributed by atoms with Crippen LogP contribution in [-0.2, 0) is 17.9 Å². The molecule has 170 valence electrons. The Kier molecular flexibility index (Phi) is 7.12. The Balaban J connectivity index is 2.04. The Morgan fingerprint density at radius 3 is 2.47 bits per heavy atom. The van der Waals surface area contributed by atoms with Crippen molar-refractivity contribution in [2.75, 3.05) is 13.3 Å². The van der Waals surface area contributed by atoms with Gasteiger partial charge in [-0.25, -0.2) is 0 Å². The summed E-state index contributed by atoms with van der Waals surface area (Å²) in [4.78, 5) is 11.3. The van der Waals surface area contributed by atoms with Gasteiger partial charge in [0.2, 0.25) is 0 Å². The van der Waals surface area contributed by atoms with Gasteiger partial charge in [-0.3, -0.25) is 13.6 Å². The fraction of sp³-hybridized carbons (Fsp3) is 0.273. The second-order valence-corrected chi connectivity index (χ2v) is 7.79. The molecule has 0 saturated heterocycles. The first-order valence-corrected chi connectivity index (χ1v) is 10.0. The maximum atomic E-state index is 13.2. The predicted molar refractivity (Wildman–Crippen MR) is 117 cm³/mol. The smallest absolute Gasteiger partial charge is 0.389 e. The molecule has 10 heteroatoms. The van der Waals surface area contributed by atoms with Gasteiger partial charge in [0.15, 0.2) is 0 Å². The number of benzene rings is 2. The molecule has 3 rings (SSSR count). The summed E-state index contributed by atoms with van der Waals surface area (Å²) >= 11 is 5.03. The number of halogens is 5. The van der Waals surface area contributed by atoms with Crippen molar-refractivity contribution in [1.82, 2.24) is 9.88 Å². The van der Waals surface area contributed by atoms with Gasteiger partial charge in [0.1, 0.15) is 4.99 Å². The third-order valence-corrected chi connectivity index (χ3v) is 5.24.